The van der Waals surface area contributed by atoms with Gasteiger partial charge in [0.25, 0.3) is 0 Å². The van der Waals surface area contributed by atoms with Gasteiger partial charge >= 0.3 is 0 Å². The van der Waals surface area contributed by atoms with E-state index in [4.69, 9.17) is 10.5 Å². The summed E-state index contributed by atoms with van der Waals surface area (Å²) in [5.41, 5.74) is 6.60. The van der Waals surface area contributed by atoms with Crippen LogP contribution < -0.4 is 5.73 Å². The van der Waals surface area contributed by atoms with Crippen molar-refractivity contribution in [3.05, 3.63) is 41.7 Å². The zero-order valence-electron chi connectivity index (χ0n) is 15.1. The molecule has 0 aliphatic carbocycles. The molecule has 7 heteroatoms. The van der Waals surface area contributed by atoms with Gasteiger partial charge in [-0.05, 0) is 24.8 Å². The standard InChI is InChI=1S/C19H26N4O2S/c1-2-16(14-7-4-3-5-8-14)26-19-22-21-18(11-10-17(20)24)23(19)13-15-9-6-12-25-15/h3-5,7-8,15-16H,2,6,9-13H2,1H3,(H2,20,24)/t15-,16-/m1/s1. The van der Waals surface area contributed by atoms with Gasteiger partial charge in [-0.15, -0.1) is 10.2 Å². The molecule has 0 bridgehead atoms. The molecule has 0 unspecified atom stereocenters. The highest BCUT2D eigenvalue weighted by Crippen LogP contribution is 2.37. The summed E-state index contributed by atoms with van der Waals surface area (Å²) in [6.07, 6.45) is 4.12. The van der Waals surface area contributed by atoms with Gasteiger partial charge in [-0.1, -0.05) is 49.0 Å². The molecule has 1 aliphatic heterocycles. The molecule has 1 aromatic carbocycles. The van der Waals surface area contributed by atoms with E-state index in [9.17, 15) is 4.79 Å². The average molecular weight is 375 g/mol. The Labute approximate surface area is 158 Å². The number of primary amides is 1. The largest absolute Gasteiger partial charge is 0.376 e. The summed E-state index contributed by atoms with van der Waals surface area (Å²) in [7, 11) is 0. The molecule has 0 radical (unpaired) electrons. The van der Waals surface area contributed by atoms with Crippen molar-refractivity contribution < 1.29 is 9.53 Å². The quantitative estimate of drug-likeness (QED) is 0.682. The van der Waals surface area contributed by atoms with Gasteiger partial charge in [0.15, 0.2) is 5.16 Å². The van der Waals surface area contributed by atoms with Crippen molar-refractivity contribution in [1.82, 2.24) is 14.8 Å². The van der Waals surface area contributed by atoms with Crippen LogP contribution in [0, 0.1) is 0 Å². The first-order chi connectivity index (χ1) is 12.7. The van der Waals surface area contributed by atoms with Gasteiger partial charge < -0.3 is 15.0 Å². The SMILES string of the molecule is CC[C@@H](Sc1nnc(CCC(N)=O)n1C[C@H]1CCCO1)c1ccccc1. The van der Waals surface area contributed by atoms with E-state index < -0.39 is 0 Å². The van der Waals surface area contributed by atoms with E-state index in [1.165, 1.54) is 5.56 Å². The highest BCUT2D eigenvalue weighted by molar-refractivity contribution is 7.99. The maximum atomic E-state index is 11.2. The minimum Gasteiger partial charge on any atom is -0.376 e. The molecule has 140 valence electrons. The molecule has 2 atom stereocenters. The Morgan fingerprint density at radius 3 is 2.85 bits per heavy atom. The Balaban J connectivity index is 1.81. The average Bonchev–Trinajstić information content (AvgIpc) is 3.29. The predicted molar refractivity (Wildman–Crippen MR) is 102 cm³/mol. The number of hydrogen-bond donors (Lipinski definition) is 1. The smallest absolute Gasteiger partial charge is 0.217 e. The number of aryl methyl sites for hydroxylation is 1. The number of thioether (sulfide) groups is 1. The zero-order valence-corrected chi connectivity index (χ0v) is 16.0. The molecule has 2 N–H and O–H groups in total. The number of ether oxygens (including phenoxy) is 1. The predicted octanol–water partition coefficient (Wildman–Crippen LogP) is 3.12. The van der Waals surface area contributed by atoms with Crippen molar-refractivity contribution in [2.45, 2.75) is 62.1 Å². The van der Waals surface area contributed by atoms with Crippen LogP contribution in [0.25, 0.3) is 0 Å². The Morgan fingerprint density at radius 1 is 1.38 bits per heavy atom. The van der Waals surface area contributed by atoms with Crippen LogP contribution in [0.5, 0.6) is 0 Å². The summed E-state index contributed by atoms with van der Waals surface area (Å²) in [5.74, 6) is 0.492. The van der Waals surface area contributed by atoms with E-state index >= 15 is 0 Å². The lowest BCUT2D eigenvalue weighted by Crippen LogP contribution is -2.19. The molecule has 1 fully saturated rings. The fraction of sp³-hybridized carbons (Fsp3) is 0.526. The Hall–Kier alpha value is -1.86. The summed E-state index contributed by atoms with van der Waals surface area (Å²) < 4.78 is 7.92. The molecular weight excluding hydrogens is 348 g/mol. The third-order valence-electron chi connectivity index (χ3n) is 4.59. The van der Waals surface area contributed by atoms with Crippen molar-refractivity contribution in [2.24, 2.45) is 5.73 Å². The maximum Gasteiger partial charge on any atom is 0.217 e. The normalized spacial score (nSPS) is 18.1. The van der Waals surface area contributed by atoms with Gasteiger partial charge in [-0.25, -0.2) is 0 Å². The zero-order chi connectivity index (χ0) is 18.4. The molecule has 1 amide bonds. The lowest BCUT2D eigenvalue weighted by Gasteiger charge is -2.18. The molecule has 1 aromatic heterocycles. The van der Waals surface area contributed by atoms with Gasteiger partial charge in [0.05, 0.1) is 12.6 Å². The molecule has 0 saturated carbocycles. The van der Waals surface area contributed by atoms with E-state index in [-0.39, 0.29) is 18.4 Å². The monoisotopic (exact) mass is 374 g/mol. The first kappa shape index (κ1) is 18.9. The van der Waals surface area contributed by atoms with Gasteiger partial charge in [-0.3, -0.25) is 4.79 Å². The van der Waals surface area contributed by atoms with Crippen LogP contribution in [0.15, 0.2) is 35.5 Å². The van der Waals surface area contributed by atoms with Crippen molar-refractivity contribution in [2.75, 3.05) is 6.61 Å². The summed E-state index contributed by atoms with van der Waals surface area (Å²) in [6.45, 7) is 3.72. The van der Waals surface area contributed by atoms with Gasteiger partial charge in [0.1, 0.15) is 5.82 Å². The van der Waals surface area contributed by atoms with Gasteiger partial charge in [0, 0.05) is 24.7 Å². The minimum absolute atomic E-state index is 0.189. The molecule has 1 aliphatic rings. The van der Waals surface area contributed by atoms with Crippen LogP contribution in [0.3, 0.4) is 0 Å². The maximum absolute atomic E-state index is 11.2. The highest BCUT2D eigenvalue weighted by Gasteiger charge is 2.23. The fourth-order valence-corrected chi connectivity index (χ4v) is 4.29. The van der Waals surface area contributed by atoms with Crippen LogP contribution in [-0.4, -0.2) is 33.4 Å². The second-order valence-electron chi connectivity index (χ2n) is 6.54. The molecule has 6 nitrogen and oxygen atoms in total. The van der Waals surface area contributed by atoms with E-state index in [2.05, 4.69) is 46.0 Å². The second kappa shape index (κ2) is 9.19. The minimum atomic E-state index is -0.318. The van der Waals surface area contributed by atoms with Crippen molar-refractivity contribution in [1.29, 1.82) is 0 Å². The number of nitrogens with zero attached hydrogens (tertiary/aromatic N) is 3. The van der Waals surface area contributed by atoms with Crippen LogP contribution in [-0.2, 0) is 22.5 Å². The number of hydrogen-bond acceptors (Lipinski definition) is 5. The van der Waals surface area contributed by atoms with E-state index in [1.807, 2.05) is 6.07 Å². The van der Waals surface area contributed by atoms with Crippen molar-refractivity contribution in [3.63, 3.8) is 0 Å². The number of nitrogens with two attached hydrogens (primary N) is 1. The third-order valence-corrected chi connectivity index (χ3v) is 5.99. The molecule has 0 spiro atoms. The number of carbonyl (C=O) groups is 1. The number of amides is 1. The van der Waals surface area contributed by atoms with Crippen LogP contribution in [0.2, 0.25) is 0 Å². The first-order valence-electron chi connectivity index (χ1n) is 9.21. The molecule has 2 aromatic rings. The molecule has 3 rings (SSSR count). The van der Waals surface area contributed by atoms with Crippen molar-refractivity contribution in [3.8, 4) is 0 Å². The van der Waals surface area contributed by atoms with Crippen LogP contribution in [0.4, 0.5) is 0 Å². The highest BCUT2D eigenvalue weighted by atomic mass is 32.2. The summed E-state index contributed by atoms with van der Waals surface area (Å²) in [6, 6.07) is 10.5. The first-order valence-corrected chi connectivity index (χ1v) is 10.1. The lowest BCUT2D eigenvalue weighted by atomic mass is 10.1. The summed E-state index contributed by atoms with van der Waals surface area (Å²) in [4.78, 5) is 11.2. The number of aromatic nitrogens is 3. The fourth-order valence-electron chi connectivity index (χ4n) is 3.18. The van der Waals surface area contributed by atoms with Crippen LogP contribution >= 0.6 is 11.8 Å². The summed E-state index contributed by atoms with van der Waals surface area (Å²) in [5, 5.41) is 9.96. The number of rotatable bonds is 9. The molecule has 26 heavy (non-hydrogen) atoms. The van der Waals surface area contributed by atoms with E-state index in [0.717, 1.165) is 43.4 Å². The van der Waals surface area contributed by atoms with Gasteiger partial charge in [-0.2, -0.15) is 0 Å². The molecular formula is C19H26N4O2S. The van der Waals surface area contributed by atoms with Crippen LogP contribution in [0.1, 0.15) is 49.2 Å². The molecule has 1 saturated heterocycles. The Morgan fingerprint density at radius 2 is 2.19 bits per heavy atom. The van der Waals surface area contributed by atoms with Crippen molar-refractivity contribution >= 4 is 17.7 Å². The summed E-state index contributed by atoms with van der Waals surface area (Å²) >= 11 is 1.72. The van der Waals surface area contributed by atoms with E-state index in [0.29, 0.717) is 11.7 Å². The Bertz CT molecular complexity index is 714. The van der Waals surface area contributed by atoms with E-state index in [1.54, 1.807) is 11.8 Å². The second-order valence-corrected chi connectivity index (χ2v) is 7.71. The number of benzene rings is 1. The third kappa shape index (κ3) is 4.86. The lowest BCUT2D eigenvalue weighted by molar-refractivity contribution is -0.118. The Kier molecular flexibility index (Phi) is 6.68. The van der Waals surface area contributed by atoms with Gasteiger partial charge in [0.2, 0.25) is 5.91 Å². The topological polar surface area (TPSA) is 83.0 Å². The molecule has 2 heterocycles. The number of carbonyl (C=O) groups excluding carboxylic acids is 1.